The standard InChI is InChI=1S/C31H38FN3O4S/c1-6-29(31(37)33-19-22(2)3)34(20-25-9-7-8-24(5)18-25)30(36)21-35(27-14-10-23(4)11-15-27)40(38,39)28-16-12-26(32)13-17-28/h7-18,22,29H,6,19-21H2,1-5H3,(H,33,37)/t29-/m0/s1. The average molecular weight is 568 g/mol. The third kappa shape index (κ3) is 7.91. The van der Waals surface area contributed by atoms with Crippen LogP contribution in [0.1, 0.15) is 43.9 Å². The van der Waals surface area contributed by atoms with Gasteiger partial charge >= 0.3 is 0 Å². The molecular weight excluding hydrogens is 529 g/mol. The molecule has 0 bridgehead atoms. The number of halogens is 1. The summed E-state index contributed by atoms with van der Waals surface area (Å²) in [5, 5.41) is 2.92. The summed E-state index contributed by atoms with van der Waals surface area (Å²) < 4.78 is 42.2. The fourth-order valence-corrected chi connectivity index (χ4v) is 5.74. The van der Waals surface area contributed by atoms with Crippen molar-refractivity contribution in [3.05, 3.63) is 95.3 Å². The minimum Gasteiger partial charge on any atom is -0.354 e. The van der Waals surface area contributed by atoms with Crippen molar-refractivity contribution in [1.82, 2.24) is 10.2 Å². The molecule has 0 radical (unpaired) electrons. The van der Waals surface area contributed by atoms with Crippen LogP contribution in [0.15, 0.2) is 77.7 Å². The van der Waals surface area contributed by atoms with Crippen molar-refractivity contribution >= 4 is 27.5 Å². The van der Waals surface area contributed by atoms with Gasteiger partial charge in [0.1, 0.15) is 18.4 Å². The van der Waals surface area contributed by atoms with E-state index < -0.39 is 34.3 Å². The predicted molar refractivity (Wildman–Crippen MR) is 156 cm³/mol. The molecule has 9 heteroatoms. The van der Waals surface area contributed by atoms with Crippen LogP contribution in [0.25, 0.3) is 0 Å². The molecule has 0 saturated heterocycles. The third-order valence-corrected chi connectivity index (χ3v) is 8.30. The van der Waals surface area contributed by atoms with E-state index in [-0.39, 0.29) is 29.0 Å². The number of rotatable bonds is 12. The Balaban J connectivity index is 2.04. The van der Waals surface area contributed by atoms with E-state index in [1.54, 1.807) is 24.3 Å². The van der Waals surface area contributed by atoms with Crippen LogP contribution in [-0.4, -0.2) is 44.3 Å². The molecular formula is C31H38FN3O4S. The van der Waals surface area contributed by atoms with Gasteiger partial charge in [0.05, 0.1) is 10.6 Å². The second-order valence-electron chi connectivity index (χ2n) is 10.4. The van der Waals surface area contributed by atoms with Crippen molar-refractivity contribution in [2.45, 2.75) is 58.5 Å². The molecule has 0 aromatic heterocycles. The van der Waals surface area contributed by atoms with Gasteiger partial charge in [-0.05, 0) is 68.1 Å². The minimum absolute atomic E-state index is 0.131. The van der Waals surface area contributed by atoms with Crippen molar-refractivity contribution < 1.29 is 22.4 Å². The highest BCUT2D eigenvalue weighted by atomic mass is 32.2. The first-order valence-corrected chi connectivity index (χ1v) is 14.8. The molecule has 7 nitrogen and oxygen atoms in total. The van der Waals surface area contributed by atoms with Gasteiger partial charge in [-0.15, -0.1) is 0 Å². The van der Waals surface area contributed by atoms with Gasteiger partial charge in [0.25, 0.3) is 10.0 Å². The van der Waals surface area contributed by atoms with Crippen LogP contribution in [0.2, 0.25) is 0 Å². The second-order valence-corrected chi connectivity index (χ2v) is 12.2. The maximum atomic E-state index is 14.0. The molecule has 0 aliphatic carbocycles. The maximum Gasteiger partial charge on any atom is 0.264 e. The molecule has 0 saturated carbocycles. The normalized spacial score (nSPS) is 12.2. The number of amides is 2. The molecule has 1 atom stereocenters. The van der Waals surface area contributed by atoms with Gasteiger partial charge in [0.2, 0.25) is 11.8 Å². The van der Waals surface area contributed by atoms with E-state index in [9.17, 15) is 22.4 Å². The molecule has 0 heterocycles. The molecule has 1 N–H and O–H groups in total. The highest BCUT2D eigenvalue weighted by Gasteiger charge is 2.33. The Morgan fingerprint density at radius 3 is 2.15 bits per heavy atom. The minimum atomic E-state index is -4.25. The van der Waals surface area contributed by atoms with Crippen LogP contribution in [-0.2, 0) is 26.2 Å². The average Bonchev–Trinajstić information content (AvgIpc) is 2.91. The van der Waals surface area contributed by atoms with Crippen LogP contribution in [0.5, 0.6) is 0 Å². The molecule has 40 heavy (non-hydrogen) atoms. The lowest BCUT2D eigenvalue weighted by Crippen LogP contribution is -2.52. The predicted octanol–water partition coefficient (Wildman–Crippen LogP) is 5.22. The number of aryl methyl sites for hydroxylation is 2. The van der Waals surface area contributed by atoms with Gasteiger partial charge in [-0.2, -0.15) is 0 Å². The van der Waals surface area contributed by atoms with Gasteiger partial charge in [-0.1, -0.05) is 68.3 Å². The van der Waals surface area contributed by atoms with Crippen LogP contribution in [0, 0.1) is 25.6 Å². The first kappa shape index (κ1) is 30.8. The van der Waals surface area contributed by atoms with E-state index >= 15 is 0 Å². The highest BCUT2D eigenvalue weighted by molar-refractivity contribution is 7.92. The number of benzene rings is 3. The van der Waals surface area contributed by atoms with Crippen LogP contribution >= 0.6 is 0 Å². The topological polar surface area (TPSA) is 86.8 Å². The van der Waals surface area contributed by atoms with Gasteiger partial charge in [-0.3, -0.25) is 13.9 Å². The lowest BCUT2D eigenvalue weighted by atomic mass is 10.1. The van der Waals surface area contributed by atoms with E-state index in [0.29, 0.717) is 13.0 Å². The van der Waals surface area contributed by atoms with E-state index in [0.717, 1.165) is 33.1 Å². The van der Waals surface area contributed by atoms with Crippen LogP contribution in [0.3, 0.4) is 0 Å². The number of carbonyl (C=O) groups excluding carboxylic acids is 2. The van der Waals surface area contributed by atoms with Gasteiger partial charge in [-0.25, -0.2) is 12.8 Å². The molecule has 3 rings (SSSR count). The Morgan fingerprint density at radius 2 is 1.57 bits per heavy atom. The van der Waals surface area contributed by atoms with Gasteiger partial charge in [0, 0.05) is 13.1 Å². The van der Waals surface area contributed by atoms with Gasteiger partial charge in [0.15, 0.2) is 0 Å². The number of nitrogens with zero attached hydrogens (tertiary/aromatic N) is 2. The number of sulfonamides is 1. The number of hydrogen-bond donors (Lipinski definition) is 1. The summed E-state index contributed by atoms with van der Waals surface area (Å²) in [5.74, 6) is -1.17. The molecule has 0 spiro atoms. The fraction of sp³-hybridized carbons (Fsp3) is 0.355. The van der Waals surface area contributed by atoms with Crippen molar-refractivity contribution in [1.29, 1.82) is 0 Å². The zero-order chi connectivity index (χ0) is 29.4. The molecule has 3 aromatic rings. The summed E-state index contributed by atoms with van der Waals surface area (Å²) >= 11 is 0. The molecule has 0 fully saturated rings. The van der Waals surface area contributed by atoms with E-state index in [1.165, 1.54) is 17.0 Å². The summed E-state index contributed by atoms with van der Waals surface area (Å²) in [6.45, 7) is 9.65. The summed E-state index contributed by atoms with van der Waals surface area (Å²) in [4.78, 5) is 28.6. The summed E-state index contributed by atoms with van der Waals surface area (Å²) in [6.07, 6.45) is 0.344. The number of nitrogens with one attached hydrogen (secondary N) is 1. The Morgan fingerprint density at radius 1 is 0.925 bits per heavy atom. The lowest BCUT2D eigenvalue weighted by Gasteiger charge is -2.33. The Bertz CT molecular complexity index is 1410. The number of carbonyl (C=O) groups is 2. The molecule has 2 amide bonds. The summed E-state index contributed by atoms with van der Waals surface area (Å²) in [6, 6.07) is 18.1. The quantitative estimate of drug-likeness (QED) is 0.325. The number of hydrogen-bond acceptors (Lipinski definition) is 4. The fourth-order valence-electron chi connectivity index (χ4n) is 4.32. The van der Waals surface area contributed by atoms with Crippen molar-refractivity contribution in [3.8, 4) is 0 Å². The zero-order valence-electron chi connectivity index (χ0n) is 23.7. The van der Waals surface area contributed by atoms with Crippen molar-refractivity contribution in [2.24, 2.45) is 5.92 Å². The summed E-state index contributed by atoms with van der Waals surface area (Å²) in [7, 11) is -4.25. The Hall–Kier alpha value is -3.72. The molecule has 0 aliphatic rings. The molecule has 0 unspecified atom stereocenters. The smallest absolute Gasteiger partial charge is 0.264 e. The first-order chi connectivity index (χ1) is 18.9. The highest BCUT2D eigenvalue weighted by Crippen LogP contribution is 2.25. The SMILES string of the molecule is CC[C@@H](C(=O)NCC(C)C)N(Cc1cccc(C)c1)C(=O)CN(c1ccc(C)cc1)S(=O)(=O)c1ccc(F)cc1. The number of anilines is 1. The van der Waals surface area contributed by atoms with Crippen molar-refractivity contribution in [3.63, 3.8) is 0 Å². The largest absolute Gasteiger partial charge is 0.354 e. The van der Waals surface area contributed by atoms with E-state index in [4.69, 9.17) is 0 Å². The van der Waals surface area contributed by atoms with Crippen molar-refractivity contribution in [2.75, 3.05) is 17.4 Å². The van der Waals surface area contributed by atoms with E-state index in [1.807, 2.05) is 58.9 Å². The van der Waals surface area contributed by atoms with Gasteiger partial charge < -0.3 is 10.2 Å². The lowest BCUT2D eigenvalue weighted by molar-refractivity contribution is -0.140. The molecule has 3 aromatic carbocycles. The zero-order valence-corrected chi connectivity index (χ0v) is 24.5. The summed E-state index contributed by atoms with van der Waals surface area (Å²) in [5.41, 5.74) is 3.04. The van der Waals surface area contributed by atoms with Crippen LogP contribution < -0.4 is 9.62 Å². The second kappa shape index (κ2) is 13.6. The Kier molecular flexibility index (Phi) is 10.5. The Labute approximate surface area is 237 Å². The monoisotopic (exact) mass is 567 g/mol. The van der Waals surface area contributed by atoms with Crippen LogP contribution in [0.4, 0.5) is 10.1 Å². The molecule has 214 valence electrons. The van der Waals surface area contributed by atoms with E-state index in [2.05, 4.69) is 5.32 Å². The maximum absolute atomic E-state index is 14.0. The third-order valence-electron chi connectivity index (χ3n) is 6.51. The first-order valence-electron chi connectivity index (χ1n) is 13.4. The molecule has 0 aliphatic heterocycles.